The highest BCUT2D eigenvalue weighted by atomic mass is 35.5. The molecule has 0 bridgehead atoms. The van der Waals surface area contributed by atoms with Crippen LogP contribution in [0, 0.1) is 0 Å². The topological polar surface area (TPSA) is 82.1 Å². The number of hydrogen-bond acceptors (Lipinski definition) is 7. The van der Waals surface area contributed by atoms with Crippen molar-refractivity contribution in [2.24, 2.45) is 0 Å². The van der Waals surface area contributed by atoms with Crippen LogP contribution in [0.4, 0.5) is 4.79 Å². The van der Waals surface area contributed by atoms with Crippen molar-refractivity contribution in [3.63, 3.8) is 0 Å². The summed E-state index contributed by atoms with van der Waals surface area (Å²) in [5.74, 6) is -0.400. The predicted molar refractivity (Wildman–Crippen MR) is 108 cm³/mol. The van der Waals surface area contributed by atoms with Gasteiger partial charge in [-0.25, -0.2) is 0 Å². The minimum atomic E-state index is -0.704. The summed E-state index contributed by atoms with van der Waals surface area (Å²) >= 11 is 6.96. The summed E-state index contributed by atoms with van der Waals surface area (Å²) in [6.07, 6.45) is 1.52. The van der Waals surface area contributed by atoms with E-state index in [4.69, 9.17) is 25.8 Å². The summed E-state index contributed by atoms with van der Waals surface area (Å²) < 4.78 is 15.9. The normalized spacial score (nSPS) is 15.9. The van der Waals surface area contributed by atoms with Gasteiger partial charge in [-0.05, 0) is 63.2 Å². The van der Waals surface area contributed by atoms with Gasteiger partial charge in [0.25, 0.3) is 11.1 Å². The molecule has 1 aromatic carbocycles. The van der Waals surface area contributed by atoms with E-state index < -0.39 is 29.3 Å². The van der Waals surface area contributed by atoms with E-state index in [0.29, 0.717) is 28.7 Å². The molecule has 1 aliphatic rings. The molecule has 9 heteroatoms. The zero-order valence-corrected chi connectivity index (χ0v) is 17.9. The second-order valence-electron chi connectivity index (χ2n) is 6.82. The fraction of sp³-hybridized carbons (Fsp3) is 0.421. The molecule has 1 fully saturated rings. The molecule has 1 aliphatic heterocycles. The molecule has 7 nitrogen and oxygen atoms in total. The third-order valence-electron chi connectivity index (χ3n) is 3.41. The molecule has 28 heavy (non-hydrogen) atoms. The lowest BCUT2D eigenvalue weighted by Gasteiger charge is -2.21. The van der Waals surface area contributed by atoms with E-state index in [2.05, 4.69) is 0 Å². The summed E-state index contributed by atoms with van der Waals surface area (Å²) in [6, 6.07) is 3.26. The third-order valence-corrected chi connectivity index (χ3v) is 4.60. The van der Waals surface area contributed by atoms with E-state index in [9.17, 15) is 14.4 Å². The van der Waals surface area contributed by atoms with Crippen LogP contribution in [0.25, 0.3) is 6.08 Å². The van der Waals surface area contributed by atoms with Crippen molar-refractivity contribution in [3.05, 3.63) is 27.6 Å². The number of nitrogens with zero attached hydrogens (tertiary/aromatic N) is 1. The summed E-state index contributed by atoms with van der Waals surface area (Å²) in [4.78, 5) is 37.7. The van der Waals surface area contributed by atoms with Gasteiger partial charge in [-0.2, -0.15) is 0 Å². The number of amides is 2. The van der Waals surface area contributed by atoms with Gasteiger partial charge in [-0.1, -0.05) is 11.6 Å². The van der Waals surface area contributed by atoms with Gasteiger partial charge in [-0.15, -0.1) is 0 Å². The lowest BCUT2D eigenvalue weighted by molar-refractivity contribution is -0.156. The Morgan fingerprint density at radius 2 is 1.96 bits per heavy atom. The first-order valence-electron chi connectivity index (χ1n) is 8.53. The van der Waals surface area contributed by atoms with Crippen LogP contribution >= 0.6 is 23.4 Å². The van der Waals surface area contributed by atoms with Crippen LogP contribution in [-0.4, -0.2) is 47.9 Å². The largest absolute Gasteiger partial charge is 0.491 e. The Morgan fingerprint density at radius 1 is 1.29 bits per heavy atom. The lowest BCUT2D eigenvalue weighted by Crippen LogP contribution is -2.37. The monoisotopic (exact) mass is 427 g/mol. The second-order valence-corrected chi connectivity index (χ2v) is 8.22. The molecule has 0 aromatic heterocycles. The van der Waals surface area contributed by atoms with Gasteiger partial charge in [0.2, 0.25) is 0 Å². The molecule has 2 rings (SSSR count). The average Bonchev–Trinajstić information content (AvgIpc) is 2.81. The maximum Gasteiger partial charge on any atom is 0.326 e. The van der Waals surface area contributed by atoms with E-state index in [-0.39, 0.29) is 4.91 Å². The molecule has 2 amide bonds. The van der Waals surface area contributed by atoms with Crippen molar-refractivity contribution >= 4 is 46.6 Å². The van der Waals surface area contributed by atoms with Crippen LogP contribution in [0.2, 0.25) is 5.02 Å². The van der Waals surface area contributed by atoms with Gasteiger partial charge >= 0.3 is 5.97 Å². The number of thioether (sulfide) groups is 1. The average molecular weight is 428 g/mol. The first-order valence-corrected chi connectivity index (χ1v) is 9.72. The Labute approximate surface area is 172 Å². The number of halogens is 1. The number of methoxy groups -OCH3 is 1. The predicted octanol–water partition coefficient (Wildman–Crippen LogP) is 4.13. The zero-order chi connectivity index (χ0) is 21.1. The Kier molecular flexibility index (Phi) is 7.01. The van der Waals surface area contributed by atoms with Crippen LogP contribution in [0.3, 0.4) is 0 Å². The molecule has 0 saturated carbocycles. The zero-order valence-electron chi connectivity index (χ0n) is 16.3. The Bertz CT molecular complexity index is 830. The standard InChI is InChI=1S/C19H22ClNO6S/c1-6-26-13-8-11(7-12(20)16(13)25-5)9-14-17(23)21(18(24)28-14)10-15(22)27-19(2,3)4/h7-9H,6,10H2,1-5H3/b14-9+. The maximum atomic E-state index is 12.6. The van der Waals surface area contributed by atoms with Crippen molar-refractivity contribution in [1.29, 1.82) is 0 Å². The Morgan fingerprint density at radius 3 is 2.54 bits per heavy atom. The quantitative estimate of drug-likeness (QED) is 0.498. The van der Waals surface area contributed by atoms with Crippen molar-refractivity contribution in [2.75, 3.05) is 20.3 Å². The molecule has 0 unspecified atom stereocenters. The first kappa shape index (κ1) is 22.1. The van der Waals surface area contributed by atoms with Crippen molar-refractivity contribution in [3.8, 4) is 11.5 Å². The molecule has 0 aliphatic carbocycles. The molecular formula is C19H22ClNO6S. The third kappa shape index (κ3) is 5.42. The van der Waals surface area contributed by atoms with Gasteiger partial charge in [0.15, 0.2) is 11.5 Å². The number of esters is 1. The van der Waals surface area contributed by atoms with Crippen LogP contribution in [0.5, 0.6) is 11.5 Å². The molecule has 1 heterocycles. The van der Waals surface area contributed by atoms with Gasteiger partial charge in [0.05, 0.1) is 23.6 Å². The highest BCUT2D eigenvalue weighted by Gasteiger charge is 2.37. The van der Waals surface area contributed by atoms with Crippen molar-refractivity contribution in [1.82, 2.24) is 4.90 Å². The lowest BCUT2D eigenvalue weighted by atomic mass is 10.1. The van der Waals surface area contributed by atoms with E-state index in [1.165, 1.54) is 13.2 Å². The van der Waals surface area contributed by atoms with Gasteiger partial charge in [0, 0.05) is 0 Å². The highest BCUT2D eigenvalue weighted by Crippen LogP contribution is 2.38. The number of carbonyl (C=O) groups excluding carboxylic acids is 3. The van der Waals surface area contributed by atoms with Gasteiger partial charge in [0.1, 0.15) is 12.1 Å². The number of carbonyl (C=O) groups is 3. The molecule has 0 atom stereocenters. The van der Waals surface area contributed by atoms with E-state index in [1.807, 2.05) is 6.92 Å². The Hall–Kier alpha value is -2.19. The summed E-state index contributed by atoms with van der Waals surface area (Å²) in [7, 11) is 1.48. The smallest absolute Gasteiger partial charge is 0.326 e. The molecular weight excluding hydrogens is 406 g/mol. The molecule has 0 N–H and O–H groups in total. The first-order chi connectivity index (χ1) is 13.1. The minimum Gasteiger partial charge on any atom is -0.491 e. The number of benzene rings is 1. The fourth-order valence-electron chi connectivity index (χ4n) is 2.42. The number of ether oxygens (including phenoxy) is 3. The van der Waals surface area contributed by atoms with E-state index in [1.54, 1.807) is 32.9 Å². The van der Waals surface area contributed by atoms with Crippen LogP contribution in [0.1, 0.15) is 33.3 Å². The summed E-state index contributed by atoms with van der Waals surface area (Å²) in [6.45, 7) is 6.92. The SMILES string of the molecule is CCOc1cc(/C=C2/SC(=O)N(CC(=O)OC(C)(C)C)C2=O)cc(Cl)c1OC. The molecule has 152 valence electrons. The summed E-state index contributed by atoms with van der Waals surface area (Å²) in [5.41, 5.74) is -0.137. The molecule has 0 spiro atoms. The number of imide groups is 1. The highest BCUT2D eigenvalue weighted by molar-refractivity contribution is 8.18. The van der Waals surface area contributed by atoms with Crippen molar-refractivity contribution in [2.45, 2.75) is 33.3 Å². The number of rotatable bonds is 6. The second kappa shape index (κ2) is 8.87. The minimum absolute atomic E-state index is 0.178. The molecule has 1 saturated heterocycles. The van der Waals surface area contributed by atoms with E-state index >= 15 is 0 Å². The molecule has 0 radical (unpaired) electrons. The van der Waals surface area contributed by atoms with Crippen LogP contribution in [-0.2, 0) is 14.3 Å². The Balaban J connectivity index is 2.25. The molecule has 1 aromatic rings. The van der Waals surface area contributed by atoms with Gasteiger partial charge < -0.3 is 14.2 Å². The maximum absolute atomic E-state index is 12.6. The fourth-order valence-corrected chi connectivity index (χ4v) is 3.56. The summed E-state index contributed by atoms with van der Waals surface area (Å²) in [5, 5.41) is -0.223. The van der Waals surface area contributed by atoms with E-state index in [0.717, 1.165) is 16.7 Å². The number of hydrogen-bond donors (Lipinski definition) is 0. The van der Waals surface area contributed by atoms with Crippen molar-refractivity contribution < 1.29 is 28.6 Å². The van der Waals surface area contributed by atoms with Crippen LogP contribution in [0.15, 0.2) is 17.0 Å². The van der Waals surface area contributed by atoms with Gasteiger partial charge in [-0.3, -0.25) is 19.3 Å². The van der Waals surface area contributed by atoms with Crippen LogP contribution < -0.4 is 9.47 Å².